The summed E-state index contributed by atoms with van der Waals surface area (Å²) < 4.78 is 0. The zero-order valence-corrected chi connectivity index (χ0v) is 6.43. The van der Waals surface area contributed by atoms with Gasteiger partial charge in [0.25, 0.3) is 0 Å². The van der Waals surface area contributed by atoms with Crippen LogP contribution in [0, 0.1) is 0 Å². The lowest BCUT2D eigenvalue weighted by atomic mass is 10.2. The van der Waals surface area contributed by atoms with Crippen molar-refractivity contribution in [3.63, 3.8) is 0 Å². The predicted molar refractivity (Wildman–Crippen MR) is 40.9 cm³/mol. The van der Waals surface area contributed by atoms with Gasteiger partial charge in [0.15, 0.2) is 0 Å². The quantitative estimate of drug-likeness (QED) is 0.437. The zero-order valence-electron chi connectivity index (χ0n) is 5.43. The van der Waals surface area contributed by atoms with Gasteiger partial charge in [-0.25, -0.2) is 6.07 Å². The molecule has 1 aromatic rings. The minimum absolute atomic E-state index is 1.10. The lowest BCUT2D eigenvalue weighted by Crippen LogP contribution is -1.79. The molecule has 0 atom stereocenters. The number of hydrogen-bond donors (Lipinski definition) is 0. The topological polar surface area (TPSA) is 0 Å². The maximum Gasteiger partial charge on any atom is 0.0221 e. The Labute approximate surface area is 59.7 Å². The van der Waals surface area contributed by atoms with Crippen molar-refractivity contribution in [3.05, 3.63) is 29.8 Å². The summed E-state index contributed by atoms with van der Waals surface area (Å²) >= 11 is 0. The van der Waals surface area contributed by atoms with E-state index in [0.717, 1.165) is 6.04 Å². The molecule has 0 aliphatic rings. The second-order valence-corrected chi connectivity index (χ2v) is 2.65. The first-order valence-electron chi connectivity index (χ1n) is 3.28. The molecular weight excluding hydrogens is 124 g/mol. The van der Waals surface area contributed by atoms with Gasteiger partial charge in [-0.1, -0.05) is 18.9 Å². The van der Waals surface area contributed by atoms with E-state index in [1.165, 1.54) is 18.4 Å². The fraction of sp³-hybridized carbons (Fsp3) is 0.375. The molecule has 47 valence electrons. The Morgan fingerprint density at radius 3 is 3.00 bits per heavy atom. The monoisotopic (exact) mass is 134 g/mol. The van der Waals surface area contributed by atoms with Crippen LogP contribution in [-0.2, 0) is 6.42 Å². The van der Waals surface area contributed by atoms with Gasteiger partial charge < -0.3 is 0 Å². The zero-order chi connectivity index (χ0) is 6.53. The third kappa shape index (κ3) is 2.10. The molecule has 0 aromatic heterocycles. The van der Waals surface area contributed by atoms with E-state index in [-0.39, 0.29) is 0 Å². The molecule has 0 heterocycles. The fourth-order valence-corrected chi connectivity index (χ4v) is 1.05. The van der Waals surface area contributed by atoms with Crippen LogP contribution in [0.2, 0.25) is 6.04 Å². The van der Waals surface area contributed by atoms with Gasteiger partial charge in [-0.2, -0.15) is 23.8 Å². The summed E-state index contributed by atoms with van der Waals surface area (Å²) in [5, 5.41) is 0. The van der Waals surface area contributed by atoms with E-state index in [0.29, 0.717) is 0 Å². The molecule has 0 nitrogen and oxygen atoms in total. The Kier molecular flexibility index (Phi) is 2.65. The molecule has 1 heteroatoms. The highest BCUT2D eigenvalue weighted by Crippen LogP contribution is 2.03. The Balaban J connectivity index is 2.30. The van der Waals surface area contributed by atoms with Gasteiger partial charge in [0, 0.05) is 10.2 Å². The summed E-state index contributed by atoms with van der Waals surface area (Å²) in [5.74, 6) is 0. The van der Waals surface area contributed by atoms with E-state index in [4.69, 9.17) is 0 Å². The smallest absolute Gasteiger partial charge is 0.0221 e. The van der Waals surface area contributed by atoms with E-state index < -0.39 is 0 Å². The van der Waals surface area contributed by atoms with Crippen LogP contribution >= 0.6 is 0 Å². The summed E-state index contributed by atoms with van der Waals surface area (Å²) in [5.41, 5.74) is 1.45. The van der Waals surface area contributed by atoms with Crippen LogP contribution < -0.4 is 0 Å². The number of rotatable bonds is 3. The molecule has 0 fully saturated rings. The van der Waals surface area contributed by atoms with Gasteiger partial charge in [-0.3, -0.25) is 0 Å². The summed E-state index contributed by atoms with van der Waals surface area (Å²) in [7, 11) is 3.44. The largest absolute Gasteiger partial charge is 0.211 e. The summed E-state index contributed by atoms with van der Waals surface area (Å²) in [4.78, 5) is 0. The van der Waals surface area contributed by atoms with Crippen molar-refractivity contribution in [2.45, 2.75) is 18.9 Å². The van der Waals surface area contributed by atoms with Gasteiger partial charge in [-0.15, -0.1) is 0 Å². The van der Waals surface area contributed by atoms with Crippen LogP contribution in [-0.4, -0.2) is 10.2 Å². The lowest BCUT2D eigenvalue weighted by Gasteiger charge is -1.99. The van der Waals surface area contributed by atoms with Crippen LogP contribution in [0.15, 0.2) is 24.3 Å². The van der Waals surface area contributed by atoms with Crippen molar-refractivity contribution in [2.24, 2.45) is 0 Å². The standard InChI is InChI=1S/C8H10Si/c9-7-3-6-8-4-1-2-5-8/h1-2,4-5H,3,6-7H2/q-1. The second kappa shape index (κ2) is 3.57. The van der Waals surface area contributed by atoms with E-state index in [1.54, 1.807) is 0 Å². The first-order chi connectivity index (χ1) is 4.43. The van der Waals surface area contributed by atoms with E-state index in [1.807, 2.05) is 0 Å². The van der Waals surface area contributed by atoms with Crippen molar-refractivity contribution < 1.29 is 0 Å². The van der Waals surface area contributed by atoms with Crippen LogP contribution in [0.1, 0.15) is 12.0 Å². The minimum atomic E-state index is 1.10. The molecule has 3 radical (unpaired) electrons. The highest BCUT2D eigenvalue weighted by atomic mass is 28.1. The minimum Gasteiger partial charge on any atom is -0.211 e. The summed E-state index contributed by atoms with van der Waals surface area (Å²) in [6.45, 7) is 0. The molecule has 0 N–H and O–H groups in total. The molecule has 9 heavy (non-hydrogen) atoms. The van der Waals surface area contributed by atoms with Crippen molar-refractivity contribution in [1.82, 2.24) is 0 Å². The number of hydrogen-bond acceptors (Lipinski definition) is 0. The third-order valence-corrected chi connectivity index (χ3v) is 1.73. The van der Waals surface area contributed by atoms with E-state index in [9.17, 15) is 0 Å². The van der Waals surface area contributed by atoms with E-state index >= 15 is 0 Å². The van der Waals surface area contributed by atoms with Crippen molar-refractivity contribution in [2.75, 3.05) is 0 Å². The maximum atomic E-state index is 3.44. The maximum absolute atomic E-state index is 3.44. The molecule has 0 aliphatic heterocycles. The molecule has 0 amide bonds. The molecule has 0 bridgehead atoms. The van der Waals surface area contributed by atoms with Crippen LogP contribution in [0.3, 0.4) is 0 Å². The highest BCUT2D eigenvalue weighted by Gasteiger charge is 1.80. The van der Waals surface area contributed by atoms with E-state index in [2.05, 4.69) is 34.5 Å². The first kappa shape index (κ1) is 6.68. The van der Waals surface area contributed by atoms with Crippen LogP contribution in [0.4, 0.5) is 0 Å². The van der Waals surface area contributed by atoms with Gasteiger partial charge in [0.1, 0.15) is 0 Å². The van der Waals surface area contributed by atoms with Gasteiger partial charge in [-0.05, 0) is 0 Å². The SMILES string of the molecule is [Si]CCCc1cc[cH-]c1. The molecule has 0 spiro atoms. The van der Waals surface area contributed by atoms with Gasteiger partial charge in [0.2, 0.25) is 0 Å². The van der Waals surface area contributed by atoms with Crippen LogP contribution in [0.25, 0.3) is 0 Å². The average Bonchev–Trinajstić information content (AvgIpc) is 2.34. The number of aryl methyl sites for hydroxylation is 1. The second-order valence-electron chi connectivity index (χ2n) is 2.15. The van der Waals surface area contributed by atoms with Gasteiger partial charge >= 0.3 is 0 Å². The van der Waals surface area contributed by atoms with Crippen molar-refractivity contribution in [3.8, 4) is 0 Å². The van der Waals surface area contributed by atoms with Crippen molar-refractivity contribution in [1.29, 1.82) is 0 Å². The Morgan fingerprint density at radius 2 is 2.44 bits per heavy atom. The predicted octanol–water partition coefficient (Wildman–Crippen LogP) is 1.92. The fourth-order valence-electron chi connectivity index (χ4n) is 0.873. The third-order valence-electron chi connectivity index (χ3n) is 1.37. The molecule has 1 aromatic carbocycles. The summed E-state index contributed by atoms with van der Waals surface area (Å²) in [6, 6.07) is 9.61. The Morgan fingerprint density at radius 1 is 1.56 bits per heavy atom. The molecular formula is C8H10Si-. The molecule has 0 unspecified atom stereocenters. The molecule has 0 saturated heterocycles. The summed E-state index contributed by atoms with van der Waals surface area (Å²) in [6.07, 6.45) is 2.44. The molecule has 0 saturated carbocycles. The van der Waals surface area contributed by atoms with Gasteiger partial charge in [0.05, 0.1) is 0 Å². The highest BCUT2D eigenvalue weighted by molar-refractivity contribution is 6.08. The molecule has 1 rings (SSSR count). The van der Waals surface area contributed by atoms with Crippen molar-refractivity contribution >= 4 is 10.2 Å². The lowest BCUT2D eigenvalue weighted by molar-refractivity contribution is 0.923. The Hall–Kier alpha value is -0.433. The van der Waals surface area contributed by atoms with Crippen LogP contribution in [0.5, 0.6) is 0 Å². The molecule has 0 aliphatic carbocycles. The average molecular weight is 134 g/mol. The first-order valence-corrected chi connectivity index (χ1v) is 3.99. The Bertz CT molecular complexity index is 142. The normalized spacial score (nSPS) is 9.89.